The van der Waals surface area contributed by atoms with Crippen LogP contribution in [0.5, 0.6) is 0 Å². The molecule has 1 heterocycles. The van der Waals surface area contributed by atoms with Crippen LogP contribution in [0.15, 0.2) is 0 Å². The van der Waals surface area contributed by atoms with Crippen LogP contribution < -0.4 is 5.32 Å². The van der Waals surface area contributed by atoms with Crippen molar-refractivity contribution in [2.45, 2.75) is 38.5 Å². The summed E-state index contributed by atoms with van der Waals surface area (Å²) in [6, 6.07) is -0.203. The van der Waals surface area contributed by atoms with Crippen molar-refractivity contribution in [2.24, 2.45) is 0 Å². The molecule has 0 saturated carbocycles. The Bertz CT molecular complexity index is 180. The van der Waals surface area contributed by atoms with Crippen LogP contribution in [0.2, 0.25) is 0 Å². The first kappa shape index (κ1) is 17.8. The Morgan fingerprint density at radius 2 is 2.14 bits per heavy atom. The van der Waals surface area contributed by atoms with E-state index in [1.807, 2.05) is 6.92 Å². The number of carbonyl (C=O) groups is 1. The fraction of sp³-hybridized carbons (Fsp3) is 0.750. The number of ether oxygens (including phenoxy) is 1. The molecule has 0 spiro atoms. The van der Waals surface area contributed by atoms with Gasteiger partial charge in [0, 0.05) is 6.92 Å². The van der Waals surface area contributed by atoms with Crippen LogP contribution in [0, 0.1) is 6.61 Å². The quantitative estimate of drug-likeness (QED) is 0.530. The molecule has 73 valence electrons. The predicted octanol–water partition coefficient (Wildman–Crippen LogP) is -1.47. The first-order valence-electron chi connectivity index (χ1n) is 4.03. The average molecular weight is 220 g/mol. The van der Waals surface area contributed by atoms with Crippen molar-refractivity contribution in [3.63, 3.8) is 0 Å². The number of hydrogen-bond acceptors (Lipinski definition) is 3. The zero-order chi connectivity index (χ0) is 9.14. The zero-order valence-electron chi connectivity index (χ0n) is 7.28. The van der Waals surface area contributed by atoms with E-state index in [-0.39, 0.29) is 77.2 Å². The summed E-state index contributed by atoms with van der Waals surface area (Å²) < 4.78 is 5.08. The van der Waals surface area contributed by atoms with Gasteiger partial charge in [0.15, 0.2) is 0 Å². The van der Waals surface area contributed by atoms with Crippen molar-refractivity contribution in [3.8, 4) is 0 Å². The third kappa shape index (κ3) is 6.08. The second-order valence-corrected chi connectivity index (χ2v) is 3.12. The first-order chi connectivity index (χ1) is 5.59. The molecule has 0 unspecified atom stereocenters. The summed E-state index contributed by atoms with van der Waals surface area (Å²) in [6.07, 6.45) is 0.0207. The molecule has 1 amide bonds. The number of aliphatic hydroxyl groups is 1. The minimum absolute atomic E-state index is 0. The van der Waals surface area contributed by atoms with Gasteiger partial charge in [0.1, 0.15) is 12.7 Å². The molecule has 0 aromatic carbocycles. The van der Waals surface area contributed by atoms with Crippen molar-refractivity contribution in [1.82, 2.24) is 5.32 Å². The van der Waals surface area contributed by atoms with Gasteiger partial charge in [-0.1, -0.05) is 0 Å². The SMILES string of the molecule is CC(=O)N[C@@H]1C[C@@H](C)O[CH][C@@H]1O.[NaH].[NaH]. The van der Waals surface area contributed by atoms with E-state index in [4.69, 9.17) is 4.74 Å². The van der Waals surface area contributed by atoms with Crippen molar-refractivity contribution in [1.29, 1.82) is 0 Å². The Balaban J connectivity index is 0. The molecule has 1 rings (SSSR count). The van der Waals surface area contributed by atoms with Gasteiger partial charge in [0.05, 0.1) is 12.1 Å². The van der Waals surface area contributed by atoms with Crippen LogP contribution in [-0.2, 0) is 9.53 Å². The van der Waals surface area contributed by atoms with Crippen molar-refractivity contribution >= 4 is 65.0 Å². The number of rotatable bonds is 1. The third-order valence-corrected chi connectivity index (χ3v) is 1.84. The molecule has 1 saturated heterocycles. The molecule has 4 nitrogen and oxygen atoms in total. The van der Waals surface area contributed by atoms with Gasteiger partial charge in [0.25, 0.3) is 0 Å². The molecular formula is C8H16NNa2O3. The third-order valence-electron chi connectivity index (χ3n) is 1.84. The van der Waals surface area contributed by atoms with Gasteiger partial charge >= 0.3 is 59.1 Å². The van der Waals surface area contributed by atoms with Crippen LogP contribution in [0.4, 0.5) is 0 Å². The van der Waals surface area contributed by atoms with E-state index in [9.17, 15) is 9.90 Å². The molecule has 14 heavy (non-hydrogen) atoms. The van der Waals surface area contributed by atoms with Gasteiger partial charge < -0.3 is 15.2 Å². The van der Waals surface area contributed by atoms with Crippen molar-refractivity contribution in [2.75, 3.05) is 0 Å². The molecule has 6 heteroatoms. The molecule has 0 aliphatic carbocycles. The number of nitrogens with one attached hydrogen (secondary N) is 1. The summed E-state index contributed by atoms with van der Waals surface area (Å²) in [6.45, 7) is 4.71. The van der Waals surface area contributed by atoms with Crippen LogP contribution in [0.25, 0.3) is 0 Å². The maximum atomic E-state index is 10.7. The molecular weight excluding hydrogens is 204 g/mol. The average Bonchev–Trinajstić information content (AvgIpc) is 1.96. The summed E-state index contributed by atoms with van der Waals surface area (Å²) in [5, 5.41) is 12.0. The molecule has 0 bridgehead atoms. The molecule has 1 aliphatic heterocycles. The second-order valence-electron chi connectivity index (χ2n) is 3.12. The Morgan fingerprint density at radius 3 is 2.64 bits per heavy atom. The Morgan fingerprint density at radius 1 is 1.57 bits per heavy atom. The van der Waals surface area contributed by atoms with E-state index >= 15 is 0 Å². The van der Waals surface area contributed by atoms with E-state index in [1.165, 1.54) is 13.5 Å². The van der Waals surface area contributed by atoms with Crippen LogP contribution in [-0.4, -0.2) is 88.4 Å². The second kappa shape index (κ2) is 8.53. The molecule has 1 radical (unpaired) electrons. The molecule has 0 aromatic heterocycles. The minimum atomic E-state index is -0.690. The maximum absolute atomic E-state index is 10.7. The Labute approximate surface area is 129 Å². The molecule has 2 N–H and O–H groups in total. The number of amides is 1. The number of aliphatic hydroxyl groups excluding tert-OH is 1. The molecule has 1 aliphatic rings. The summed E-state index contributed by atoms with van der Waals surface area (Å²) in [7, 11) is 0. The van der Waals surface area contributed by atoms with Gasteiger partial charge in [-0.25, -0.2) is 0 Å². The van der Waals surface area contributed by atoms with Crippen molar-refractivity contribution in [3.05, 3.63) is 6.61 Å². The zero-order valence-corrected chi connectivity index (χ0v) is 7.28. The standard InChI is InChI=1S/C8H14NO3.2Na.2H/c1-5-3-7(9-6(2)10)8(11)4-12-5;;;;/h4-5,7-8,11H,3H2,1-2H3,(H,9,10);;;;/t5-,7-,8+;;;;/m1..../s1. The Hall–Kier alpha value is 1.39. The summed E-state index contributed by atoms with van der Waals surface area (Å²) in [5.74, 6) is -0.124. The number of hydrogen-bond donors (Lipinski definition) is 2. The van der Waals surface area contributed by atoms with E-state index in [0.29, 0.717) is 6.42 Å². The van der Waals surface area contributed by atoms with Crippen LogP contribution in [0.1, 0.15) is 20.3 Å². The molecule has 3 atom stereocenters. The molecule has 1 fully saturated rings. The summed E-state index contributed by atoms with van der Waals surface area (Å²) >= 11 is 0. The van der Waals surface area contributed by atoms with E-state index in [2.05, 4.69) is 5.32 Å². The predicted molar refractivity (Wildman–Crippen MR) is 57.4 cm³/mol. The summed E-state index contributed by atoms with van der Waals surface area (Å²) in [4.78, 5) is 10.7. The number of carbonyl (C=O) groups excluding carboxylic acids is 1. The van der Waals surface area contributed by atoms with E-state index in [0.717, 1.165) is 0 Å². The van der Waals surface area contributed by atoms with Crippen LogP contribution >= 0.6 is 0 Å². The monoisotopic (exact) mass is 220 g/mol. The van der Waals surface area contributed by atoms with Gasteiger partial charge in [0.2, 0.25) is 5.91 Å². The first-order valence-corrected chi connectivity index (χ1v) is 4.03. The van der Waals surface area contributed by atoms with Gasteiger partial charge in [-0.3, -0.25) is 4.79 Å². The van der Waals surface area contributed by atoms with Gasteiger partial charge in [-0.2, -0.15) is 0 Å². The molecule has 0 aromatic rings. The fourth-order valence-corrected chi connectivity index (χ4v) is 1.27. The topological polar surface area (TPSA) is 58.6 Å². The van der Waals surface area contributed by atoms with E-state index in [1.54, 1.807) is 0 Å². The normalized spacial score (nSPS) is 30.9. The van der Waals surface area contributed by atoms with Crippen molar-refractivity contribution < 1.29 is 14.6 Å². The Kier molecular flexibility index (Phi) is 10.8. The van der Waals surface area contributed by atoms with E-state index < -0.39 is 6.10 Å². The van der Waals surface area contributed by atoms with Gasteiger partial charge in [-0.15, -0.1) is 0 Å². The summed E-state index contributed by atoms with van der Waals surface area (Å²) in [5.41, 5.74) is 0. The van der Waals surface area contributed by atoms with Crippen LogP contribution in [0.3, 0.4) is 0 Å². The fourth-order valence-electron chi connectivity index (χ4n) is 1.27. The van der Waals surface area contributed by atoms with Gasteiger partial charge in [-0.05, 0) is 13.3 Å².